The van der Waals surface area contributed by atoms with Gasteiger partial charge in [-0.15, -0.1) is 6.58 Å². The van der Waals surface area contributed by atoms with Gasteiger partial charge >= 0.3 is 0 Å². The lowest BCUT2D eigenvalue weighted by Gasteiger charge is -2.08. The zero-order valence-electron chi connectivity index (χ0n) is 15.5. The smallest absolute Gasteiger partial charge is 0.283 e. The van der Waals surface area contributed by atoms with Gasteiger partial charge in [-0.25, -0.2) is 0 Å². The van der Waals surface area contributed by atoms with E-state index in [4.69, 9.17) is 27.9 Å². The Labute approximate surface area is 181 Å². The molecule has 4 nitrogen and oxygen atoms in total. The van der Waals surface area contributed by atoms with E-state index in [1.807, 2.05) is 41.0 Å². The van der Waals surface area contributed by atoms with Crippen molar-refractivity contribution in [3.63, 3.8) is 0 Å². The fraction of sp³-hybridized carbons (Fsp3) is 0.0909. The van der Waals surface area contributed by atoms with E-state index >= 15 is 0 Å². The molecule has 1 aromatic heterocycles. The summed E-state index contributed by atoms with van der Waals surface area (Å²) < 4.78 is 8.17. The van der Waals surface area contributed by atoms with Crippen LogP contribution in [-0.4, -0.2) is 17.6 Å². The second-order valence-corrected chi connectivity index (χ2v) is 8.10. The van der Waals surface area contributed by atoms with Crippen LogP contribution in [-0.2, 0) is 6.54 Å². The van der Waals surface area contributed by atoms with Gasteiger partial charge in [-0.1, -0.05) is 64.9 Å². The summed E-state index contributed by atoms with van der Waals surface area (Å²) in [5.41, 5.74) is 1.14. The molecule has 0 aliphatic rings. The van der Waals surface area contributed by atoms with E-state index in [9.17, 15) is 4.79 Å². The van der Waals surface area contributed by atoms with E-state index in [-0.39, 0.29) is 5.91 Å². The molecule has 0 atom stereocenters. The second kappa shape index (κ2) is 8.03. The highest BCUT2D eigenvalue weighted by Crippen LogP contribution is 2.32. The number of amides is 1. The molecule has 4 rings (SSSR count). The largest absolute Gasteiger partial charge is 0.496 e. The summed E-state index contributed by atoms with van der Waals surface area (Å²) in [6.45, 7) is 4.24. The van der Waals surface area contributed by atoms with Crippen molar-refractivity contribution in [2.45, 2.75) is 6.54 Å². The number of fused-ring (bicyclic) bond motifs is 2. The molecule has 0 N–H and O–H groups in total. The number of ether oxygens (including phenoxy) is 1. The van der Waals surface area contributed by atoms with Gasteiger partial charge in [-0.2, -0.15) is 4.99 Å². The molecule has 0 bridgehead atoms. The number of hydrogen-bond donors (Lipinski definition) is 0. The lowest BCUT2D eigenvalue weighted by molar-refractivity contribution is 0.0995. The van der Waals surface area contributed by atoms with Crippen molar-refractivity contribution in [3.05, 3.63) is 81.6 Å². The van der Waals surface area contributed by atoms with Crippen molar-refractivity contribution < 1.29 is 9.53 Å². The van der Waals surface area contributed by atoms with Crippen molar-refractivity contribution in [3.8, 4) is 5.75 Å². The molecule has 4 aromatic rings. The third kappa shape index (κ3) is 3.57. The summed E-state index contributed by atoms with van der Waals surface area (Å²) in [5, 5.41) is 2.81. The SMILES string of the molecule is C=CCn1c(=NC(=O)c2cc3ccccc3cc2OC)sc2ccc(Cl)c(Cl)c21. The predicted octanol–water partition coefficient (Wildman–Crippen LogP) is 6.10. The molecule has 0 aliphatic carbocycles. The molecule has 0 spiro atoms. The Morgan fingerprint density at radius 1 is 1.21 bits per heavy atom. The van der Waals surface area contributed by atoms with Crippen LogP contribution in [0.1, 0.15) is 10.4 Å². The van der Waals surface area contributed by atoms with Gasteiger partial charge in [-0.3, -0.25) is 4.79 Å². The van der Waals surface area contributed by atoms with Gasteiger partial charge in [0.25, 0.3) is 5.91 Å². The minimum absolute atomic E-state index is 0.390. The summed E-state index contributed by atoms with van der Waals surface area (Å²) in [7, 11) is 1.54. The average molecular weight is 443 g/mol. The Balaban J connectivity index is 1.92. The molecule has 29 heavy (non-hydrogen) atoms. The molecule has 0 radical (unpaired) electrons. The predicted molar refractivity (Wildman–Crippen MR) is 120 cm³/mol. The summed E-state index contributed by atoms with van der Waals surface area (Å²) in [6, 6.07) is 15.0. The van der Waals surface area contributed by atoms with Crippen LogP contribution in [0.25, 0.3) is 21.0 Å². The Morgan fingerprint density at radius 3 is 2.62 bits per heavy atom. The Bertz CT molecular complexity index is 1340. The van der Waals surface area contributed by atoms with Crippen LogP contribution in [0.15, 0.2) is 66.2 Å². The fourth-order valence-corrected chi connectivity index (χ4v) is 4.71. The average Bonchev–Trinajstić information content (AvgIpc) is 3.07. The third-order valence-corrected chi connectivity index (χ3v) is 6.38. The van der Waals surface area contributed by atoms with Crippen molar-refractivity contribution in [1.29, 1.82) is 0 Å². The Kier molecular flexibility index (Phi) is 5.46. The van der Waals surface area contributed by atoms with Gasteiger partial charge in [0.15, 0.2) is 4.80 Å². The van der Waals surface area contributed by atoms with Gasteiger partial charge in [0.2, 0.25) is 0 Å². The number of carbonyl (C=O) groups excluding carboxylic acids is 1. The van der Waals surface area contributed by atoms with Crippen molar-refractivity contribution >= 4 is 61.4 Å². The van der Waals surface area contributed by atoms with Crippen LogP contribution in [0.4, 0.5) is 0 Å². The maximum absolute atomic E-state index is 13.1. The number of hydrogen-bond acceptors (Lipinski definition) is 3. The van der Waals surface area contributed by atoms with Crippen molar-refractivity contribution in [2.75, 3.05) is 7.11 Å². The maximum Gasteiger partial charge on any atom is 0.283 e. The van der Waals surface area contributed by atoms with Gasteiger partial charge in [0, 0.05) is 6.54 Å². The van der Waals surface area contributed by atoms with E-state index in [0.717, 1.165) is 21.0 Å². The molecule has 0 unspecified atom stereocenters. The minimum atomic E-state index is -0.390. The molecule has 0 saturated heterocycles. The fourth-order valence-electron chi connectivity index (χ4n) is 3.19. The van der Waals surface area contributed by atoms with E-state index < -0.39 is 0 Å². The van der Waals surface area contributed by atoms with Gasteiger partial charge < -0.3 is 9.30 Å². The zero-order valence-corrected chi connectivity index (χ0v) is 17.8. The third-order valence-electron chi connectivity index (χ3n) is 4.54. The summed E-state index contributed by atoms with van der Waals surface area (Å²) in [6.07, 6.45) is 1.73. The number of methoxy groups -OCH3 is 1. The van der Waals surface area contributed by atoms with Gasteiger partial charge in [-0.05, 0) is 35.0 Å². The molecule has 7 heteroatoms. The molecule has 1 amide bonds. The Hall–Kier alpha value is -2.60. The number of carbonyl (C=O) groups is 1. The van der Waals surface area contributed by atoms with Crippen LogP contribution in [0.2, 0.25) is 10.0 Å². The Morgan fingerprint density at radius 2 is 1.93 bits per heavy atom. The first-order valence-electron chi connectivity index (χ1n) is 8.77. The molecule has 3 aromatic carbocycles. The molecule has 1 heterocycles. The summed E-state index contributed by atoms with van der Waals surface area (Å²) in [4.78, 5) is 18.0. The number of nitrogens with zero attached hydrogens (tertiary/aromatic N) is 2. The van der Waals surface area contributed by atoms with Crippen molar-refractivity contribution in [1.82, 2.24) is 4.57 Å². The lowest BCUT2D eigenvalue weighted by Crippen LogP contribution is -2.16. The van der Waals surface area contributed by atoms with Crippen LogP contribution < -0.4 is 9.54 Å². The molecule has 0 saturated carbocycles. The van der Waals surface area contributed by atoms with Gasteiger partial charge in [0.1, 0.15) is 5.75 Å². The van der Waals surface area contributed by atoms with E-state index in [1.54, 1.807) is 25.3 Å². The van der Waals surface area contributed by atoms with Crippen LogP contribution in [0, 0.1) is 0 Å². The minimum Gasteiger partial charge on any atom is -0.496 e. The number of halogens is 2. The number of aromatic nitrogens is 1. The first-order valence-corrected chi connectivity index (χ1v) is 10.3. The lowest BCUT2D eigenvalue weighted by atomic mass is 10.1. The highest BCUT2D eigenvalue weighted by molar-refractivity contribution is 7.16. The summed E-state index contributed by atoms with van der Waals surface area (Å²) in [5.74, 6) is 0.0918. The highest BCUT2D eigenvalue weighted by Gasteiger charge is 2.16. The van der Waals surface area contributed by atoms with Crippen LogP contribution in [0.3, 0.4) is 0 Å². The molecular weight excluding hydrogens is 427 g/mol. The van der Waals surface area contributed by atoms with Crippen LogP contribution >= 0.6 is 34.5 Å². The van der Waals surface area contributed by atoms with Crippen LogP contribution in [0.5, 0.6) is 5.75 Å². The monoisotopic (exact) mass is 442 g/mol. The van der Waals surface area contributed by atoms with Crippen molar-refractivity contribution in [2.24, 2.45) is 4.99 Å². The second-order valence-electron chi connectivity index (χ2n) is 6.31. The zero-order chi connectivity index (χ0) is 20.5. The number of thiazole rings is 1. The van der Waals surface area contributed by atoms with E-state index in [1.165, 1.54) is 11.3 Å². The first kappa shape index (κ1) is 19.7. The molecule has 0 fully saturated rings. The number of rotatable bonds is 4. The first-order chi connectivity index (χ1) is 14.0. The normalized spacial score (nSPS) is 11.9. The van der Waals surface area contributed by atoms with E-state index in [0.29, 0.717) is 32.7 Å². The van der Waals surface area contributed by atoms with Gasteiger partial charge in [0.05, 0.1) is 32.9 Å². The standard InChI is InChI=1S/C22H16Cl2N2O2S/c1-3-10-26-20-18(9-8-16(23)19(20)24)29-22(26)25-21(27)15-11-13-6-4-5-7-14(13)12-17(15)28-2/h3-9,11-12H,1,10H2,2H3. The summed E-state index contributed by atoms with van der Waals surface area (Å²) >= 11 is 14.0. The quantitative estimate of drug-likeness (QED) is 0.358. The maximum atomic E-state index is 13.1. The number of allylic oxidation sites excluding steroid dienone is 1. The molecule has 0 aliphatic heterocycles. The molecule has 146 valence electrons. The molecular formula is C22H16Cl2N2O2S. The topological polar surface area (TPSA) is 43.6 Å². The highest BCUT2D eigenvalue weighted by atomic mass is 35.5. The van der Waals surface area contributed by atoms with E-state index in [2.05, 4.69) is 11.6 Å². The number of benzene rings is 3.